The maximum Gasteiger partial charge on any atom is 0.313 e. The molecule has 2 unspecified atom stereocenters. The lowest BCUT2D eigenvalue weighted by Crippen LogP contribution is -2.44. The number of hydrogen-bond acceptors (Lipinski definition) is 4. The summed E-state index contributed by atoms with van der Waals surface area (Å²) in [6.07, 6.45) is 0.379. The maximum absolute atomic E-state index is 12.8. The molecule has 1 fully saturated rings. The highest BCUT2D eigenvalue weighted by atomic mass is 16.5. The van der Waals surface area contributed by atoms with E-state index in [1.807, 2.05) is 19.9 Å². The Bertz CT molecular complexity index is 655. The Kier molecular flexibility index (Phi) is 4.25. The molecule has 2 aliphatic rings. The molecule has 0 aliphatic carbocycles. The summed E-state index contributed by atoms with van der Waals surface area (Å²) in [5.74, 6) is -0.292. The average Bonchev–Trinajstić information content (AvgIpc) is 3.13. The summed E-state index contributed by atoms with van der Waals surface area (Å²) >= 11 is 0. The van der Waals surface area contributed by atoms with Crippen molar-refractivity contribution in [2.75, 3.05) is 26.8 Å². The zero-order chi connectivity index (χ0) is 17.5. The van der Waals surface area contributed by atoms with Crippen LogP contribution in [-0.4, -0.2) is 54.8 Å². The van der Waals surface area contributed by atoms with Crippen molar-refractivity contribution < 1.29 is 24.2 Å². The number of rotatable bonds is 4. The van der Waals surface area contributed by atoms with Gasteiger partial charge in [-0.25, -0.2) is 0 Å². The molecule has 6 heteroatoms. The molecule has 6 nitrogen and oxygen atoms in total. The van der Waals surface area contributed by atoms with E-state index >= 15 is 0 Å². The monoisotopic (exact) mass is 333 g/mol. The SMILES string of the molecule is COCC1(C(=O)O)CCN(C(=O)C2Cc3cc(C)c(C)cc3O2)C1. The maximum atomic E-state index is 12.8. The molecule has 0 saturated carbocycles. The smallest absolute Gasteiger partial charge is 0.313 e. The van der Waals surface area contributed by atoms with Gasteiger partial charge in [-0.2, -0.15) is 0 Å². The van der Waals surface area contributed by atoms with E-state index in [2.05, 4.69) is 6.07 Å². The molecule has 0 bridgehead atoms. The Labute approximate surface area is 141 Å². The third kappa shape index (κ3) is 2.75. The summed E-state index contributed by atoms with van der Waals surface area (Å²) in [6.45, 7) is 4.75. The quantitative estimate of drug-likeness (QED) is 0.905. The second-order valence-corrected chi connectivity index (χ2v) is 6.88. The zero-order valence-corrected chi connectivity index (χ0v) is 14.3. The number of carboxylic acid groups (broad SMARTS) is 1. The third-order valence-electron chi connectivity index (χ3n) is 5.17. The summed E-state index contributed by atoms with van der Waals surface area (Å²) < 4.78 is 10.9. The fraction of sp³-hybridized carbons (Fsp3) is 0.556. The molecular weight excluding hydrogens is 310 g/mol. The van der Waals surface area contributed by atoms with E-state index < -0.39 is 17.5 Å². The van der Waals surface area contributed by atoms with Crippen LogP contribution < -0.4 is 4.74 Å². The first kappa shape index (κ1) is 16.8. The predicted molar refractivity (Wildman–Crippen MR) is 87.2 cm³/mol. The number of benzene rings is 1. The Morgan fingerprint density at radius 2 is 2.08 bits per heavy atom. The van der Waals surface area contributed by atoms with Gasteiger partial charge in [0.05, 0.1) is 6.61 Å². The van der Waals surface area contributed by atoms with Crippen LogP contribution in [0.1, 0.15) is 23.1 Å². The highest BCUT2D eigenvalue weighted by molar-refractivity contribution is 5.85. The third-order valence-corrected chi connectivity index (χ3v) is 5.17. The number of amides is 1. The van der Waals surface area contributed by atoms with E-state index in [1.165, 1.54) is 12.7 Å². The van der Waals surface area contributed by atoms with Gasteiger partial charge >= 0.3 is 5.97 Å². The fourth-order valence-electron chi connectivity index (χ4n) is 3.55. The van der Waals surface area contributed by atoms with Gasteiger partial charge in [0.2, 0.25) is 0 Å². The van der Waals surface area contributed by atoms with Crippen molar-refractivity contribution in [1.29, 1.82) is 0 Å². The van der Waals surface area contributed by atoms with Gasteiger partial charge in [0.1, 0.15) is 11.2 Å². The number of likely N-dealkylation sites (tertiary alicyclic amines) is 1. The number of hydrogen-bond donors (Lipinski definition) is 1. The summed E-state index contributed by atoms with van der Waals surface area (Å²) in [5, 5.41) is 9.51. The summed E-state index contributed by atoms with van der Waals surface area (Å²) in [6, 6.07) is 4.03. The summed E-state index contributed by atoms with van der Waals surface area (Å²) in [7, 11) is 1.48. The van der Waals surface area contributed by atoms with Crippen molar-refractivity contribution in [2.45, 2.75) is 32.8 Å². The summed E-state index contributed by atoms with van der Waals surface area (Å²) in [5.41, 5.74) is 2.34. The molecule has 2 atom stereocenters. The lowest BCUT2D eigenvalue weighted by molar-refractivity contribution is -0.152. The van der Waals surface area contributed by atoms with E-state index in [9.17, 15) is 14.7 Å². The molecule has 0 aromatic heterocycles. The Morgan fingerprint density at radius 1 is 1.38 bits per heavy atom. The van der Waals surface area contributed by atoms with Crippen LogP contribution >= 0.6 is 0 Å². The molecule has 3 rings (SSSR count). The van der Waals surface area contributed by atoms with Gasteiger partial charge in [0, 0.05) is 26.6 Å². The fourth-order valence-corrected chi connectivity index (χ4v) is 3.55. The van der Waals surface area contributed by atoms with Gasteiger partial charge in [-0.1, -0.05) is 6.07 Å². The Hall–Kier alpha value is -2.08. The molecule has 1 aromatic rings. The Balaban J connectivity index is 1.72. The molecule has 2 aliphatic heterocycles. The molecule has 1 amide bonds. The van der Waals surface area contributed by atoms with Gasteiger partial charge in [-0.05, 0) is 43.0 Å². The zero-order valence-electron chi connectivity index (χ0n) is 14.3. The molecular formula is C18H23NO5. The van der Waals surface area contributed by atoms with Crippen LogP contribution in [0.25, 0.3) is 0 Å². The van der Waals surface area contributed by atoms with Crippen LogP contribution in [0.3, 0.4) is 0 Å². The molecule has 2 heterocycles. The number of nitrogens with zero attached hydrogens (tertiary/aromatic N) is 1. The number of ether oxygens (including phenoxy) is 2. The van der Waals surface area contributed by atoms with Crippen LogP contribution in [0.5, 0.6) is 5.75 Å². The van der Waals surface area contributed by atoms with Crippen LogP contribution in [0.15, 0.2) is 12.1 Å². The topological polar surface area (TPSA) is 76.1 Å². The minimum absolute atomic E-state index is 0.107. The van der Waals surface area contributed by atoms with Gasteiger partial charge in [-0.3, -0.25) is 9.59 Å². The van der Waals surface area contributed by atoms with Crippen LogP contribution in [-0.2, 0) is 20.7 Å². The van der Waals surface area contributed by atoms with Crippen molar-refractivity contribution in [3.63, 3.8) is 0 Å². The second-order valence-electron chi connectivity index (χ2n) is 6.88. The minimum Gasteiger partial charge on any atom is -0.481 e. The molecule has 130 valence electrons. The van der Waals surface area contributed by atoms with Gasteiger partial charge in [0.25, 0.3) is 5.91 Å². The molecule has 0 radical (unpaired) electrons. The molecule has 1 saturated heterocycles. The number of carbonyl (C=O) groups excluding carboxylic acids is 1. The number of carbonyl (C=O) groups is 2. The normalized spacial score (nSPS) is 25.5. The van der Waals surface area contributed by atoms with E-state index in [1.54, 1.807) is 4.90 Å². The first-order valence-corrected chi connectivity index (χ1v) is 8.14. The number of carboxylic acids is 1. The van der Waals surface area contributed by atoms with Crippen molar-refractivity contribution >= 4 is 11.9 Å². The Morgan fingerprint density at radius 3 is 2.75 bits per heavy atom. The molecule has 1 aromatic carbocycles. The van der Waals surface area contributed by atoms with Crippen molar-refractivity contribution in [1.82, 2.24) is 4.90 Å². The molecule has 0 spiro atoms. The van der Waals surface area contributed by atoms with Crippen LogP contribution in [0.4, 0.5) is 0 Å². The second kappa shape index (κ2) is 6.09. The minimum atomic E-state index is -1.01. The van der Waals surface area contributed by atoms with Crippen LogP contribution in [0.2, 0.25) is 0 Å². The van der Waals surface area contributed by atoms with E-state index in [0.717, 1.165) is 16.9 Å². The lowest BCUT2D eigenvalue weighted by atomic mass is 9.88. The lowest BCUT2D eigenvalue weighted by Gasteiger charge is -2.25. The van der Waals surface area contributed by atoms with Crippen molar-refractivity contribution in [3.05, 3.63) is 28.8 Å². The highest BCUT2D eigenvalue weighted by Gasteiger charge is 2.48. The average molecular weight is 333 g/mol. The van der Waals surface area contributed by atoms with Crippen LogP contribution in [0, 0.1) is 19.3 Å². The van der Waals surface area contributed by atoms with E-state index in [4.69, 9.17) is 9.47 Å². The first-order chi connectivity index (χ1) is 11.4. The summed E-state index contributed by atoms with van der Waals surface area (Å²) in [4.78, 5) is 26.0. The standard InChI is InChI=1S/C18H23NO5/c1-11-6-13-8-15(24-14(13)7-12(11)2)16(20)19-5-4-18(9-19,10-23-3)17(21)22/h6-7,15H,4-5,8-10H2,1-3H3,(H,21,22). The molecule has 1 N–H and O–H groups in total. The van der Waals surface area contributed by atoms with Crippen molar-refractivity contribution in [2.24, 2.45) is 5.41 Å². The van der Waals surface area contributed by atoms with Gasteiger partial charge in [0.15, 0.2) is 6.10 Å². The van der Waals surface area contributed by atoms with E-state index in [0.29, 0.717) is 19.4 Å². The predicted octanol–water partition coefficient (Wildman–Crippen LogP) is 1.56. The highest BCUT2D eigenvalue weighted by Crippen LogP contribution is 2.35. The number of fused-ring (bicyclic) bond motifs is 1. The molecule has 24 heavy (non-hydrogen) atoms. The largest absolute Gasteiger partial charge is 0.481 e. The number of aliphatic carboxylic acids is 1. The first-order valence-electron chi connectivity index (χ1n) is 8.14. The number of methoxy groups -OCH3 is 1. The van der Waals surface area contributed by atoms with Gasteiger partial charge < -0.3 is 19.5 Å². The van der Waals surface area contributed by atoms with Crippen molar-refractivity contribution in [3.8, 4) is 5.75 Å². The van der Waals surface area contributed by atoms with Gasteiger partial charge in [-0.15, -0.1) is 0 Å². The van der Waals surface area contributed by atoms with E-state index in [-0.39, 0.29) is 19.1 Å². The number of aryl methyl sites for hydroxylation is 2.